The molecule has 0 fully saturated rings. The Bertz CT molecular complexity index is 404. The van der Waals surface area contributed by atoms with E-state index in [2.05, 4.69) is 4.99 Å². The molecule has 0 saturated heterocycles. The molecule has 0 aliphatic rings. The van der Waals surface area contributed by atoms with Crippen LogP contribution in [-0.4, -0.2) is 18.2 Å². The van der Waals surface area contributed by atoms with Crippen molar-refractivity contribution in [2.45, 2.75) is 26.3 Å². The van der Waals surface area contributed by atoms with Crippen molar-refractivity contribution < 1.29 is 39.5 Å². The van der Waals surface area contributed by atoms with Crippen LogP contribution in [0.3, 0.4) is 0 Å². The number of carboxylic acids is 1. The minimum atomic E-state index is -1.14. The van der Waals surface area contributed by atoms with Gasteiger partial charge in [-0.15, -0.1) is 0 Å². The zero-order chi connectivity index (χ0) is 12.8. The first-order chi connectivity index (χ1) is 7.99. The average molecular weight is 276 g/mol. The van der Waals surface area contributed by atoms with Gasteiger partial charge in [-0.05, 0) is 30.0 Å². The third-order valence-corrected chi connectivity index (χ3v) is 2.49. The number of benzene rings is 1. The van der Waals surface area contributed by atoms with Gasteiger partial charge in [0.05, 0.1) is 12.0 Å². The predicted octanol–water partition coefficient (Wildman–Crippen LogP) is -1.07. The van der Waals surface area contributed by atoms with Crippen LogP contribution in [0.25, 0.3) is 0 Å². The van der Waals surface area contributed by atoms with Crippen LogP contribution < -0.4 is 34.7 Å². The molecule has 1 aromatic rings. The van der Waals surface area contributed by atoms with Crippen molar-refractivity contribution in [2.75, 3.05) is 0 Å². The fourth-order valence-corrected chi connectivity index (χ4v) is 1.52. The maximum atomic E-state index is 10.9. The van der Waals surface area contributed by atoms with E-state index >= 15 is 0 Å². The van der Waals surface area contributed by atoms with Gasteiger partial charge in [0.2, 0.25) is 0 Å². The molecule has 0 amide bonds. The van der Waals surface area contributed by atoms with Crippen molar-refractivity contribution in [3.05, 3.63) is 34.9 Å². The van der Waals surface area contributed by atoms with Gasteiger partial charge in [0.15, 0.2) is 0 Å². The molecule has 5 heteroatoms. The summed E-state index contributed by atoms with van der Waals surface area (Å²) >= 11 is 5.75. The molecule has 0 heterocycles. The maximum Gasteiger partial charge on any atom is 1.00 e. The van der Waals surface area contributed by atoms with Crippen molar-refractivity contribution in [1.82, 2.24) is 0 Å². The van der Waals surface area contributed by atoms with Gasteiger partial charge in [-0.3, -0.25) is 4.99 Å². The third kappa shape index (κ3) is 6.55. The summed E-state index contributed by atoms with van der Waals surface area (Å²) in [5.41, 5.74) is 0.824. The van der Waals surface area contributed by atoms with Crippen molar-refractivity contribution in [2.24, 2.45) is 10.9 Å². The van der Waals surface area contributed by atoms with E-state index in [9.17, 15) is 9.90 Å². The summed E-state index contributed by atoms with van der Waals surface area (Å²) in [6.07, 6.45) is 2.02. The summed E-state index contributed by atoms with van der Waals surface area (Å²) in [5, 5.41) is 11.5. The third-order valence-electron chi connectivity index (χ3n) is 2.24. The SMILES string of the molecule is CC(C)CC(N=Cc1ccc(Cl)cc1)C(=O)[O-].[Na+]. The molecule has 1 unspecified atom stereocenters. The Morgan fingerprint density at radius 1 is 1.39 bits per heavy atom. The Kier molecular flexibility index (Phi) is 8.53. The van der Waals surface area contributed by atoms with Gasteiger partial charge in [0, 0.05) is 11.2 Å². The molecule has 18 heavy (non-hydrogen) atoms. The van der Waals surface area contributed by atoms with Crippen molar-refractivity contribution in [1.29, 1.82) is 0 Å². The molecular formula is C13H15ClNNaO2. The first-order valence-electron chi connectivity index (χ1n) is 5.48. The molecule has 0 radical (unpaired) electrons. The van der Waals surface area contributed by atoms with Crippen LogP contribution >= 0.6 is 11.6 Å². The Morgan fingerprint density at radius 3 is 2.39 bits per heavy atom. The van der Waals surface area contributed by atoms with Crippen LogP contribution in [0.1, 0.15) is 25.8 Å². The van der Waals surface area contributed by atoms with E-state index in [0.717, 1.165) is 5.56 Å². The summed E-state index contributed by atoms with van der Waals surface area (Å²) in [6, 6.07) is 6.26. The quantitative estimate of drug-likeness (QED) is 0.507. The van der Waals surface area contributed by atoms with Crippen molar-refractivity contribution in [3.8, 4) is 0 Å². The van der Waals surface area contributed by atoms with E-state index in [0.29, 0.717) is 11.4 Å². The van der Waals surface area contributed by atoms with E-state index in [-0.39, 0.29) is 35.5 Å². The number of carboxylic acid groups (broad SMARTS) is 1. The van der Waals surface area contributed by atoms with Gasteiger partial charge in [0.1, 0.15) is 0 Å². The minimum Gasteiger partial charge on any atom is -0.548 e. The van der Waals surface area contributed by atoms with Crippen molar-refractivity contribution in [3.63, 3.8) is 0 Å². The average Bonchev–Trinajstić information content (AvgIpc) is 2.25. The van der Waals surface area contributed by atoms with E-state index in [1.165, 1.54) is 0 Å². The smallest absolute Gasteiger partial charge is 0.548 e. The number of nitrogens with zero attached hydrogens (tertiary/aromatic N) is 1. The van der Waals surface area contributed by atoms with E-state index < -0.39 is 12.0 Å². The van der Waals surface area contributed by atoms with Crippen LogP contribution in [-0.2, 0) is 4.79 Å². The Morgan fingerprint density at radius 2 is 1.94 bits per heavy atom. The number of rotatable bonds is 5. The summed E-state index contributed by atoms with van der Waals surface area (Å²) in [4.78, 5) is 14.9. The molecule has 0 aliphatic heterocycles. The molecule has 0 bridgehead atoms. The van der Waals surface area contributed by atoms with Crippen LogP contribution in [0, 0.1) is 5.92 Å². The van der Waals surface area contributed by atoms with Gasteiger partial charge < -0.3 is 9.90 Å². The largest absolute Gasteiger partial charge is 1.00 e. The monoisotopic (exact) mass is 275 g/mol. The minimum absolute atomic E-state index is 0. The van der Waals surface area contributed by atoms with Crippen LogP contribution in [0.15, 0.2) is 29.3 Å². The Labute approximate surface area is 135 Å². The molecule has 0 N–H and O–H groups in total. The Balaban J connectivity index is 0.00000289. The van der Waals surface area contributed by atoms with Crippen molar-refractivity contribution >= 4 is 23.8 Å². The van der Waals surface area contributed by atoms with E-state index in [1.54, 1.807) is 30.5 Å². The molecular weight excluding hydrogens is 261 g/mol. The topological polar surface area (TPSA) is 52.5 Å². The zero-order valence-corrected chi connectivity index (χ0v) is 13.6. The second-order valence-corrected chi connectivity index (χ2v) is 4.73. The van der Waals surface area contributed by atoms with Gasteiger partial charge in [-0.25, -0.2) is 0 Å². The molecule has 0 saturated carbocycles. The van der Waals surface area contributed by atoms with E-state index in [4.69, 9.17) is 11.6 Å². The number of hydrogen-bond donors (Lipinski definition) is 0. The van der Waals surface area contributed by atoms with Gasteiger partial charge in [0.25, 0.3) is 0 Å². The molecule has 0 spiro atoms. The number of aliphatic imine (C=N–C) groups is 1. The molecule has 1 atom stereocenters. The molecule has 1 rings (SSSR count). The molecule has 0 aromatic heterocycles. The van der Waals surface area contributed by atoms with Crippen LogP contribution in [0.5, 0.6) is 0 Å². The number of halogens is 1. The maximum absolute atomic E-state index is 10.9. The predicted molar refractivity (Wildman–Crippen MR) is 67.3 cm³/mol. The molecule has 0 aliphatic carbocycles. The molecule has 3 nitrogen and oxygen atoms in total. The zero-order valence-electron chi connectivity index (χ0n) is 10.9. The summed E-state index contributed by atoms with van der Waals surface area (Å²) in [6.45, 7) is 3.90. The number of carbonyl (C=O) groups excluding carboxylic acids is 1. The fourth-order valence-electron chi connectivity index (χ4n) is 1.39. The van der Waals surface area contributed by atoms with Gasteiger partial charge in [-0.2, -0.15) is 0 Å². The summed E-state index contributed by atoms with van der Waals surface area (Å²) in [5.74, 6) is -0.871. The van der Waals surface area contributed by atoms with E-state index in [1.807, 2.05) is 13.8 Å². The molecule has 1 aromatic carbocycles. The number of carbonyl (C=O) groups is 1. The first kappa shape index (κ1) is 17.6. The van der Waals surface area contributed by atoms with Gasteiger partial charge in [-0.1, -0.05) is 37.6 Å². The normalized spacial score (nSPS) is 12.4. The Hall–Kier alpha value is -0.350. The standard InChI is InChI=1S/C13H16ClNO2.Na/c1-9(2)7-12(13(16)17)15-8-10-3-5-11(14)6-4-10;/h3-6,8-9,12H,7H2,1-2H3,(H,16,17);/q;+1/p-1. The summed E-state index contributed by atoms with van der Waals surface area (Å²) < 4.78 is 0. The number of hydrogen-bond acceptors (Lipinski definition) is 3. The fraction of sp³-hybridized carbons (Fsp3) is 0.385. The number of aliphatic carboxylic acids is 1. The van der Waals surface area contributed by atoms with Gasteiger partial charge >= 0.3 is 29.6 Å². The second kappa shape index (κ2) is 8.70. The van der Waals surface area contributed by atoms with Crippen LogP contribution in [0.4, 0.5) is 0 Å². The molecule has 92 valence electrons. The first-order valence-corrected chi connectivity index (χ1v) is 5.86. The summed E-state index contributed by atoms with van der Waals surface area (Å²) in [7, 11) is 0. The van der Waals surface area contributed by atoms with Crippen LogP contribution in [0.2, 0.25) is 5.02 Å². The second-order valence-electron chi connectivity index (χ2n) is 4.29.